The van der Waals surface area contributed by atoms with Gasteiger partial charge >= 0.3 is 0 Å². The van der Waals surface area contributed by atoms with Crippen LogP contribution < -0.4 is 10.6 Å². The number of nitrogens with one attached hydrogen (secondary N) is 2. The normalized spacial score (nSPS) is 16.1. The van der Waals surface area contributed by atoms with Gasteiger partial charge in [0.05, 0.1) is 27.3 Å². The molecule has 1 atom stereocenters. The number of carbonyl (C=O) groups is 2. The zero-order valence-electron chi connectivity index (χ0n) is 16.0. The average Bonchev–Trinajstić information content (AvgIpc) is 2.67. The average molecular weight is 497 g/mol. The maximum atomic E-state index is 12.7. The van der Waals surface area contributed by atoms with Crippen molar-refractivity contribution < 1.29 is 18.0 Å². The highest BCUT2D eigenvalue weighted by molar-refractivity contribution is 9.10. The van der Waals surface area contributed by atoms with Crippen LogP contribution >= 0.6 is 27.7 Å². The molecule has 0 fully saturated rings. The van der Waals surface area contributed by atoms with Gasteiger partial charge in [-0.25, -0.2) is 8.42 Å². The van der Waals surface area contributed by atoms with Crippen LogP contribution in [-0.2, 0) is 19.4 Å². The standard InChI is InChI=1S/C20H21BrN2O4S2/c1-3-17-20(25)23-16-11-13(5-7-18(16)28-17)29(26,27)9-8-19(24)22-15-6-4-12(2)10-14(15)21/h4-7,10-11,17H,3,8-9H2,1-2H3,(H,22,24)(H,23,25)/t17-/m1/s1. The number of benzene rings is 2. The highest BCUT2D eigenvalue weighted by atomic mass is 79.9. The molecule has 0 aromatic heterocycles. The van der Waals surface area contributed by atoms with Crippen molar-refractivity contribution in [3.8, 4) is 0 Å². The van der Waals surface area contributed by atoms with Crippen LogP contribution in [0.1, 0.15) is 25.3 Å². The molecule has 0 spiro atoms. The van der Waals surface area contributed by atoms with Gasteiger partial charge < -0.3 is 10.6 Å². The van der Waals surface area contributed by atoms with Gasteiger partial charge in [0.25, 0.3) is 0 Å². The molecule has 0 unspecified atom stereocenters. The number of hydrogen-bond acceptors (Lipinski definition) is 5. The quantitative estimate of drug-likeness (QED) is 0.618. The number of aryl methyl sites for hydroxylation is 1. The molecule has 2 N–H and O–H groups in total. The fourth-order valence-corrected chi connectivity index (χ4v) is 5.75. The van der Waals surface area contributed by atoms with Gasteiger partial charge in [0, 0.05) is 15.8 Å². The third-order valence-corrected chi connectivity index (χ3v) is 8.31. The van der Waals surface area contributed by atoms with E-state index in [9.17, 15) is 18.0 Å². The molecule has 2 aromatic rings. The van der Waals surface area contributed by atoms with Crippen LogP contribution in [0.4, 0.5) is 11.4 Å². The first kappa shape index (κ1) is 21.9. The van der Waals surface area contributed by atoms with Crippen LogP contribution in [0.2, 0.25) is 0 Å². The first-order chi connectivity index (χ1) is 13.7. The summed E-state index contributed by atoms with van der Waals surface area (Å²) in [6, 6.07) is 10.2. The van der Waals surface area contributed by atoms with Gasteiger partial charge in [-0.1, -0.05) is 13.0 Å². The van der Waals surface area contributed by atoms with Gasteiger partial charge in [0.2, 0.25) is 11.8 Å². The van der Waals surface area contributed by atoms with Crippen molar-refractivity contribution in [2.75, 3.05) is 16.4 Å². The summed E-state index contributed by atoms with van der Waals surface area (Å²) < 4.78 is 26.1. The summed E-state index contributed by atoms with van der Waals surface area (Å²) in [7, 11) is -3.67. The van der Waals surface area contributed by atoms with Crippen molar-refractivity contribution in [3.63, 3.8) is 0 Å². The second-order valence-corrected chi connectivity index (χ2v) is 11.0. The molecule has 2 aromatic carbocycles. The number of fused-ring (bicyclic) bond motifs is 1. The molecule has 1 aliphatic heterocycles. The summed E-state index contributed by atoms with van der Waals surface area (Å²) >= 11 is 4.81. The van der Waals surface area contributed by atoms with Gasteiger partial charge in [-0.3, -0.25) is 9.59 Å². The van der Waals surface area contributed by atoms with Crippen LogP contribution in [0.25, 0.3) is 0 Å². The first-order valence-electron chi connectivity index (χ1n) is 9.10. The Hall–Kier alpha value is -1.84. The van der Waals surface area contributed by atoms with Crippen LogP contribution in [0.3, 0.4) is 0 Å². The number of carbonyl (C=O) groups excluding carboxylic acids is 2. The highest BCUT2D eigenvalue weighted by Gasteiger charge is 2.27. The van der Waals surface area contributed by atoms with Crippen molar-refractivity contribution in [1.29, 1.82) is 0 Å². The number of hydrogen-bond donors (Lipinski definition) is 2. The summed E-state index contributed by atoms with van der Waals surface area (Å²) in [6.07, 6.45) is 0.529. The molecule has 6 nitrogen and oxygen atoms in total. The number of anilines is 2. The first-order valence-corrected chi connectivity index (χ1v) is 12.4. The predicted molar refractivity (Wildman–Crippen MR) is 119 cm³/mol. The molecule has 0 saturated carbocycles. The number of amides is 2. The molecular weight excluding hydrogens is 476 g/mol. The minimum Gasteiger partial charge on any atom is -0.325 e. The Balaban J connectivity index is 1.67. The molecule has 1 heterocycles. The van der Waals surface area contributed by atoms with Crippen molar-refractivity contribution in [2.45, 2.75) is 41.7 Å². The van der Waals surface area contributed by atoms with E-state index in [1.54, 1.807) is 12.1 Å². The largest absolute Gasteiger partial charge is 0.325 e. The smallest absolute Gasteiger partial charge is 0.237 e. The lowest BCUT2D eigenvalue weighted by atomic mass is 10.2. The number of halogens is 1. The van der Waals surface area contributed by atoms with Crippen LogP contribution in [-0.4, -0.2) is 31.2 Å². The molecule has 2 amide bonds. The Morgan fingerprint density at radius 1 is 1.24 bits per heavy atom. The van der Waals surface area contributed by atoms with E-state index < -0.39 is 9.84 Å². The molecule has 1 aliphatic rings. The summed E-state index contributed by atoms with van der Waals surface area (Å²) in [4.78, 5) is 25.2. The van der Waals surface area contributed by atoms with Crippen LogP contribution in [0.15, 0.2) is 50.7 Å². The molecule has 0 radical (unpaired) electrons. The van der Waals surface area contributed by atoms with E-state index in [0.29, 0.717) is 17.8 Å². The lowest BCUT2D eigenvalue weighted by molar-refractivity contribution is -0.116. The Morgan fingerprint density at radius 3 is 2.69 bits per heavy atom. The fraction of sp³-hybridized carbons (Fsp3) is 0.300. The number of thioether (sulfide) groups is 1. The van der Waals surface area contributed by atoms with Gasteiger partial charge in [-0.15, -0.1) is 11.8 Å². The molecule has 0 bridgehead atoms. The third kappa shape index (κ3) is 5.21. The van der Waals surface area contributed by atoms with E-state index in [1.165, 1.54) is 23.9 Å². The van der Waals surface area contributed by atoms with Crippen molar-refractivity contribution in [1.82, 2.24) is 0 Å². The summed E-state index contributed by atoms with van der Waals surface area (Å²) in [5.41, 5.74) is 2.14. The summed E-state index contributed by atoms with van der Waals surface area (Å²) in [5.74, 6) is -0.826. The lowest BCUT2D eigenvalue weighted by Gasteiger charge is -2.23. The molecule has 3 rings (SSSR count). The van der Waals surface area contributed by atoms with Crippen molar-refractivity contribution in [2.24, 2.45) is 0 Å². The number of rotatable bonds is 6. The van der Waals surface area contributed by atoms with Gasteiger partial charge in [0.1, 0.15) is 0 Å². The molecule has 0 aliphatic carbocycles. The van der Waals surface area contributed by atoms with E-state index in [0.717, 1.165) is 14.9 Å². The third-order valence-electron chi connectivity index (χ3n) is 4.50. The predicted octanol–water partition coefficient (Wildman–Crippen LogP) is 4.38. The van der Waals surface area contributed by atoms with Crippen LogP contribution in [0, 0.1) is 6.92 Å². The zero-order valence-corrected chi connectivity index (χ0v) is 19.2. The maximum absolute atomic E-state index is 12.7. The molecule has 9 heteroatoms. The van der Waals surface area contributed by atoms with E-state index in [-0.39, 0.29) is 34.1 Å². The monoisotopic (exact) mass is 496 g/mol. The van der Waals surface area contributed by atoms with E-state index in [4.69, 9.17) is 0 Å². The zero-order chi connectivity index (χ0) is 21.2. The summed E-state index contributed by atoms with van der Waals surface area (Å²) in [6.45, 7) is 3.87. The second-order valence-electron chi connectivity index (χ2n) is 6.76. The molecule has 0 saturated heterocycles. The van der Waals surface area contributed by atoms with Gasteiger partial charge in [-0.2, -0.15) is 0 Å². The van der Waals surface area contributed by atoms with E-state index in [2.05, 4.69) is 26.6 Å². The Morgan fingerprint density at radius 2 is 2.00 bits per heavy atom. The molecular formula is C20H21BrN2O4S2. The second kappa shape index (κ2) is 8.89. The van der Waals surface area contributed by atoms with Crippen LogP contribution in [0.5, 0.6) is 0 Å². The SMILES string of the molecule is CC[C@H]1Sc2ccc(S(=O)(=O)CCC(=O)Nc3ccc(C)cc3Br)cc2NC1=O. The topological polar surface area (TPSA) is 92.3 Å². The molecule has 154 valence electrons. The highest BCUT2D eigenvalue weighted by Crippen LogP contribution is 2.38. The molecule has 29 heavy (non-hydrogen) atoms. The van der Waals surface area contributed by atoms with Crippen molar-refractivity contribution >= 4 is 60.7 Å². The fourth-order valence-electron chi connectivity index (χ4n) is 2.87. The van der Waals surface area contributed by atoms with E-state index >= 15 is 0 Å². The van der Waals surface area contributed by atoms with E-state index in [1.807, 2.05) is 26.0 Å². The van der Waals surface area contributed by atoms with Gasteiger partial charge in [-0.05, 0) is 65.2 Å². The maximum Gasteiger partial charge on any atom is 0.237 e. The lowest BCUT2D eigenvalue weighted by Crippen LogP contribution is -2.28. The van der Waals surface area contributed by atoms with Crippen molar-refractivity contribution in [3.05, 3.63) is 46.4 Å². The number of sulfone groups is 1. The Bertz CT molecular complexity index is 1070. The Kier molecular flexibility index (Phi) is 6.70. The summed E-state index contributed by atoms with van der Waals surface area (Å²) in [5, 5.41) is 5.32. The minimum atomic E-state index is -3.67. The Labute approximate surface area is 182 Å². The minimum absolute atomic E-state index is 0.0939. The van der Waals surface area contributed by atoms with Gasteiger partial charge in [0.15, 0.2) is 9.84 Å².